The van der Waals surface area contributed by atoms with Crippen LogP contribution in [-0.4, -0.2) is 68.0 Å². The summed E-state index contributed by atoms with van der Waals surface area (Å²) in [5.74, 6) is -0.677. The number of ether oxygens (including phenoxy) is 1. The summed E-state index contributed by atoms with van der Waals surface area (Å²) in [4.78, 5) is 36.9. The van der Waals surface area contributed by atoms with E-state index in [0.717, 1.165) is 0 Å². The van der Waals surface area contributed by atoms with E-state index in [1.165, 1.54) is 9.80 Å². The number of carbonyl (C=O) groups is 3. The molecule has 7 nitrogen and oxygen atoms in total. The van der Waals surface area contributed by atoms with Gasteiger partial charge in [-0.25, -0.2) is 4.79 Å². The average Bonchev–Trinajstić information content (AvgIpc) is 2.32. The number of nitrogens with one attached hydrogen (secondary N) is 1. The van der Waals surface area contributed by atoms with Crippen molar-refractivity contribution >= 4 is 17.9 Å². The summed E-state index contributed by atoms with van der Waals surface area (Å²) in [6, 6.07) is -0.458. The Morgan fingerprint density at radius 2 is 1.78 bits per heavy atom. The van der Waals surface area contributed by atoms with E-state index in [2.05, 4.69) is 10.1 Å². The Labute approximate surface area is 107 Å². The maximum atomic E-state index is 11.7. The number of nitrogens with zero attached hydrogens (tertiary/aromatic N) is 2. The number of urea groups is 1. The molecule has 0 heterocycles. The lowest BCUT2D eigenvalue weighted by Gasteiger charge is -2.22. The molecule has 0 saturated heterocycles. The van der Waals surface area contributed by atoms with Crippen molar-refractivity contribution in [3.05, 3.63) is 0 Å². The topological polar surface area (TPSA) is 79.0 Å². The summed E-state index contributed by atoms with van der Waals surface area (Å²) in [5, 5.41) is 2.40. The molecule has 0 rings (SSSR count). The molecular weight excluding hydrogens is 238 g/mol. The third-order valence-electron chi connectivity index (χ3n) is 2.18. The second-order valence-corrected chi connectivity index (χ2v) is 3.77. The Morgan fingerprint density at radius 1 is 1.17 bits per heavy atom. The Hall–Kier alpha value is -1.79. The molecule has 0 aromatic carbocycles. The van der Waals surface area contributed by atoms with Crippen LogP contribution in [0.1, 0.15) is 13.8 Å². The molecule has 0 aliphatic heterocycles. The number of hydrogen-bond donors (Lipinski definition) is 1. The van der Waals surface area contributed by atoms with Crippen LogP contribution in [-0.2, 0) is 14.3 Å². The highest BCUT2D eigenvalue weighted by Gasteiger charge is 2.17. The van der Waals surface area contributed by atoms with E-state index in [9.17, 15) is 14.4 Å². The monoisotopic (exact) mass is 259 g/mol. The zero-order valence-electron chi connectivity index (χ0n) is 11.4. The van der Waals surface area contributed by atoms with E-state index in [0.29, 0.717) is 6.54 Å². The molecule has 104 valence electrons. The van der Waals surface area contributed by atoms with Crippen LogP contribution in [0.2, 0.25) is 0 Å². The lowest BCUT2D eigenvalue weighted by Crippen LogP contribution is -2.46. The Morgan fingerprint density at radius 3 is 2.22 bits per heavy atom. The van der Waals surface area contributed by atoms with Crippen LogP contribution in [0.5, 0.6) is 0 Å². The van der Waals surface area contributed by atoms with Gasteiger partial charge in [0.2, 0.25) is 5.91 Å². The lowest BCUT2D eigenvalue weighted by atomic mass is 10.4. The van der Waals surface area contributed by atoms with E-state index in [1.807, 2.05) is 0 Å². The zero-order chi connectivity index (χ0) is 14.1. The van der Waals surface area contributed by atoms with Gasteiger partial charge in [-0.2, -0.15) is 0 Å². The van der Waals surface area contributed by atoms with E-state index in [-0.39, 0.29) is 25.6 Å². The molecular formula is C11H21N3O4. The molecule has 0 saturated carbocycles. The van der Waals surface area contributed by atoms with Crippen LogP contribution >= 0.6 is 0 Å². The molecule has 0 aliphatic rings. The van der Waals surface area contributed by atoms with Crippen LogP contribution in [0.4, 0.5) is 4.79 Å². The SMILES string of the molecule is CCOC(=O)CNC(=O)N(CC)CC(=O)N(C)C. The van der Waals surface area contributed by atoms with Gasteiger partial charge in [-0.1, -0.05) is 0 Å². The molecule has 3 amide bonds. The van der Waals surface area contributed by atoms with Gasteiger partial charge in [-0.05, 0) is 13.8 Å². The first-order valence-electron chi connectivity index (χ1n) is 5.80. The van der Waals surface area contributed by atoms with Crippen LogP contribution in [0.3, 0.4) is 0 Å². The second-order valence-electron chi connectivity index (χ2n) is 3.77. The van der Waals surface area contributed by atoms with Gasteiger partial charge in [0.1, 0.15) is 13.1 Å². The summed E-state index contributed by atoms with van der Waals surface area (Å²) >= 11 is 0. The predicted octanol–water partition coefficient (Wildman–Crippen LogP) is -0.331. The lowest BCUT2D eigenvalue weighted by molar-refractivity contribution is -0.141. The molecule has 0 fully saturated rings. The normalized spacial score (nSPS) is 9.56. The van der Waals surface area contributed by atoms with E-state index < -0.39 is 12.0 Å². The zero-order valence-corrected chi connectivity index (χ0v) is 11.4. The Bertz CT molecular complexity index is 305. The minimum Gasteiger partial charge on any atom is -0.465 e. The highest BCUT2D eigenvalue weighted by Crippen LogP contribution is 1.92. The van der Waals surface area contributed by atoms with Crippen LogP contribution < -0.4 is 5.32 Å². The fourth-order valence-electron chi connectivity index (χ4n) is 1.10. The summed E-state index contributed by atoms with van der Waals surface area (Å²) in [6.07, 6.45) is 0. The molecule has 0 bridgehead atoms. The molecule has 0 unspecified atom stereocenters. The van der Waals surface area contributed by atoms with Gasteiger partial charge < -0.3 is 19.9 Å². The van der Waals surface area contributed by atoms with Gasteiger partial charge >= 0.3 is 12.0 Å². The molecule has 7 heteroatoms. The van der Waals surface area contributed by atoms with Gasteiger partial charge in [0.05, 0.1) is 6.61 Å². The van der Waals surface area contributed by atoms with E-state index in [4.69, 9.17) is 0 Å². The van der Waals surface area contributed by atoms with Crippen LogP contribution in [0.25, 0.3) is 0 Å². The number of likely N-dealkylation sites (N-methyl/N-ethyl adjacent to an activating group) is 2. The minimum atomic E-state index is -0.499. The second kappa shape index (κ2) is 8.32. The van der Waals surface area contributed by atoms with Gasteiger partial charge in [0, 0.05) is 20.6 Å². The maximum Gasteiger partial charge on any atom is 0.325 e. The Kier molecular flexibility index (Phi) is 7.50. The van der Waals surface area contributed by atoms with Gasteiger partial charge in [-0.15, -0.1) is 0 Å². The number of rotatable bonds is 6. The van der Waals surface area contributed by atoms with Crippen molar-refractivity contribution in [1.29, 1.82) is 0 Å². The van der Waals surface area contributed by atoms with Gasteiger partial charge in [-0.3, -0.25) is 9.59 Å². The molecule has 0 aliphatic carbocycles. The molecule has 0 radical (unpaired) electrons. The number of carbonyl (C=O) groups excluding carboxylic acids is 3. The number of esters is 1. The number of hydrogen-bond acceptors (Lipinski definition) is 4. The third-order valence-corrected chi connectivity index (χ3v) is 2.18. The fraction of sp³-hybridized carbons (Fsp3) is 0.727. The average molecular weight is 259 g/mol. The summed E-state index contributed by atoms with van der Waals surface area (Å²) in [6.45, 7) is 3.89. The van der Waals surface area contributed by atoms with Crippen molar-refractivity contribution in [1.82, 2.24) is 15.1 Å². The quantitative estimate of drug-likeness (QED) is 0.662. The van der Waals surface area contributed by atoms with E-state index in [1.54, 1.807) is 27.9 Å². The minimum absolute atomic E-state index is 0.0157. The highest BCUT2D eigenvalue weighted by molar-refractivity contribution is 5.85. The third kappa shape index (κ3) is 6.07. The first-order valence-corrected chi connectivity index (χ1v) is 5.80. The molecule has 0 atom stereocenters. The summed E-state index contributed by atoms with van der Waals surface area (Å²) in [5.41, 5.74) is 0. The summed E-state index contributed by atoms with van der Waals surface area (Å²) < 4.78 is 4.68. The van der Waals surface area contributed by atoms with E-state index >= 15 is 0 Å². The van der Waals surface area contributed by atoms with Crippen molar-refractivity contribution in [3.8, 4) is 0 Å². The Balaban J connectivity index is 4.19. The molecule has 0 aromatic heterocycles. The van der Waals surface area contributed by atoms with Crippen molar-refractivity contribution < 1.29 is 19.1 Å². The van der Waals surface area contributed by atoms with Crippen molar-refractivity contribution in [3.63, 3.8) is 0 Å². The van der Waals surface area contributed by atoms with Crippen LogP contribution in [0.15, 0.2) is 0 Å². The molecule has 0 aromatic rings. The van der Waals surface area contributed by atoms with Crippen molar-refractivity contribution in [2.45, 2.75) is 13.8 Å². The maximum absolute atomic E-state index is 11.7. The first kappa shape index (κ1) is 16.2. The van der Waals surface area contributed by atoms with Crippen molar-refractivity contribution in [2.75, 3.05) is 40.3 Å². The fourth-order valence-corrected chi connectivity index (χ4v) is 1.10. The van der Waals surface area contributed by atoms with Crippen LogP contribution in [0, 0.1) is 0 Å². The smallest absolute Gasteiger partial charge is 0.325 e. The van der Waals surface area contributed by atoms with Gasteiger partial charge in [0.25, 0.3) is 0 Å². The number of amides is 3. The predicted molar refractivity (Wildman–Crippen MR) is 66.0 cm³/mol. The highest BCUT2D eigenvalue weighted by atomic mass is 16.5. The summed E-state index contributed by atoms with van der Waals surface area (Å²) in [7, 11) is 3.24. The molecule has 18 heavy (non-hydrogen) atoms. The first-order chi connectivity index (χ1) is 8.42. The standard InChI is InChI=1S/C11H21N3O4/c1-5-14(8-9(15)13(3)4)11(17)12-7-10(16)18-6-2/h5-8H2,1-4H3,(H,12,17). The van der Waals surface area contributed by atoms with Gasteiger partial charge in [0.15, 0.2) is 0 Å². The van der Waals surface area contributed by atoms with Crippen molar-refractivity contribution in [2.24, 2.45) is 0 Å². The molecule has 0 spiro atoms. The largest absolute Gasteiger partial charge is 0.465 e. The molecule has 1 N–H and O–H groups in total.